The number of carbonyl (C=O) groups excluding carboxylic acids is 3. The van der Waals surface area contributed by atoms with Crippen LogP contribution in [0.4, 0.5) is 0 Å². The highest BCUT2D eigenvalue weighted by molar-refractivity contribution is 5.97. The minimum atomic E-state index is -0.891. The lowest BCUT2D eigenvalue weighted by molar-refractivity contribution is -0.144. The van der Waals surface area contributed by atoms with Gasteiger partial charge in [0.25, 0.3) is 5.91 Å². The molecule has 1 aromatic rings. The van der Waals surface area contributed by atoms with Crippen molar-refractivity contribution in [3.63, 3.8) is 0 Å². The Hall–Kier alpha value is -2.37. The average Bonchev–Trinajstić information content (AvgIpc) is 2.48. The number of aryl methyl sites for hydroxylation is 2. The molecule has 0 saturated carbocycles. The SMILES string of the molecule is COC(=O)CC[C@@H](NC(=O)c1cc(C)cc(C)c1)C(=O)OC. The summed E-state index contributed by atoms with van der Waals surface area (Å²) < 4.78 is 9.19. The third-order valence-corrected chi connectivity index (χ3v) is 3.14. The van der Waals surface area contributed by atoms with Crippen LogP contribution < -0.4 is 5.32 Å². The van der Waals surface area contributed by atoms with Gasteiger partial charge in [-0.15, -0.1) is 0 Å². The van der Waals surface area contributed by atoms with Crippen LogP contribution in [0, 0.1) is 13.8 Å². The highest BCUT2D eigenvalue weighted by atomic mass is 16.5. The third-order valence-electron chi connectivity index (χ3n) is 3.14. The largest absolute Gasteiger partial charge is 0.469 e. The van der Waals surface area contributed by atoms with Crippen molar-refractivity contribution < 1.29 is 23.9 Å². The van der Waals surface area contributed by atoms with Gasteiger partial charge in [-0.3, -0.25) is 9.59 Å². The fourth-order valence-corrected chi connectivity index (χ4v) is 2.10. The van der Waals surface area contributed by atoms with Gasteiger partial charge in [0, 0.05) is 12.0 Å². The zero-order chi connectivity index (χ0) is 16.7. The number of hydrogen-bond acceptors (Lipinski definition) is 5. The van der Waals surface area contributed by atoms with Crippen molar-refractivity contribution in [2.75, 3.05) is 14.2 Å². The molecule has 0 saturated heterocycles. The Kier molecular flexibility index (Phi) is 6.56. The molecule has 0 unspecified atom stereocenters. The monoisotopic (exact) mass is 307 g/mol. The summed E-state index contributed by atoms with van der Waals surface area (Å²) in [4.78, 5) is 35.2. The topological polar surface area (TPSA) is 81.7 Å². The first-order valence-electron chi connectivity index (χ1n) is 6.91. The molecule has 1 N–H and O–H groups in total. The number of rotatable bonds is 6. The van der Waals surface area contributed by atoms with E-state index < -0.39 is 18.0 Å². The quantitative estimate of drug-likeness (QED) is 0.806. The second kappa shape index (κ2) is 8.17. The number of ether oxygens (including phenoxy) is 2. The number of nitrogens with one attached hydrogen (secondary N) is 1. The predicted octanol–water partition coefficient (Wildman–Crippen LogP) is 1.53. The van der Waals surface area contributed by atoms with Gasteiger partial charge in [-0.1, -0.05) is 17.2 Å². The first kappa shape index (κ1) is 17.7. The number of benzene rings is 1. The number of esters is 2. The van der Waals surface area contributed by atoms with Crippen LogP contribution in [0.5, 0.6) is 0 Å². The van der Waals surface area contributed by atoms with E-state index in [-0.39, 0.29) is 18.7 Å². The van der Waals surface area contributed by atoms with Crippen molar-refractivity contribution in [1.29, 1.82) is 0 Å². The number of carbonyl (C=O) groups is 3. The normalized spacial score (nSPS) is 11.5. The number of hydrogen-bond donors (Lipinski definition) is 1. The lowest BCUT2D eigenvalue weighted by atomic mass is 10.1. The summed E-state index contributed by atoms with van der Waals surface area (Å²) in [6.07, 6.45) is 0.138. The fourth-order valence-electron chi connectivity index (χ4n) is 2.10. The lowest BCUT2D eigenvalue weighted by Crippen LogP contribution is -2.42. The van der Waals surface area contributed by atoms with E-state index in [1.807, 2.05) is 19.9 Å². The van der Waals surface area contributed by atoms with Crippen LogP contribution in [-0.2, 0) is 19.1 Å². The Bertz CT molecular complexity index is 547. The molecule has 0 spiro atoms. The van der Waals surface area contributed by atoms with E-state index in [4.69, 9.17) is 0 Å². The van der Waals surface area contributed by atoms with Gasteiger partial charge in [0.2, 0.25) is 0 Å². The second-order valence-corrected chi connectivity index (χ2v) is 5.04. The first-order chi connectivity index (χ1) is 10.4. The summed E-state index contributed by atoms with van der Waals surface area (Å²) in [5.74, 6) is -1.43. The van der Waals surface area contributed by atoms with Crippen molar-refractivity contribution in [2.45, 2.75) is 32.7 Å². The number of methoxy groups -OCH3 is 2. The molecule has 0 heterocycles. The Labute approximate surface area is 129 Å². The first-order valence-corrected chi connectivity index (χ1v) is 6.91. The van der Waals surface area contributed by atoms with E-state index in [2.05, 4.69) is 14.8 Å². The molecule has 1 amide bonds. The smallest absolute Gasteiger partial charge is 0.328 e. The predicted molar refractivity (Wildman–Crippen MR) is 80.4 cm³/mol. The standard InChI is InChI=1S/C16H21NO5/c1-10-7-11(2)9-12(8-10)15(19)17-13(16(20)22-4)5-6-14(18)21-3/h7-9,13H,5-6H2,1-4H3,(H,17,19)/t13-/m1/s1. The molecule has 120 valence electrons. The summed E-state index contributed by atoms with van der Waals surface area (Å²) >= 11 is 0. The fraction of sp³-hybridized carbons (Fsp3) is 0.438. The maximum absolute atomic E-state index is 12.3. The molecule has 0 aliphatic heterocycles. The third kappa shape index (κ3) is 5.20. The van der Waals surface area contributed by atoms with Gasteiger partial charge in [0.05, 0.1) is 14.2 Å². The van der Waals surface area contributed by atoms with Crippen molar-refractivity contribution in [3.05, 3.63) is 34.9 Å². The molecule has 0 aliphatic rings. The summed E-state index contributed by atoms with van der Waals surface area (Å²) in [6, 6.07) is 4.53. The lowest BCUT2D eigenvalue weighted by Gasteiger charge is -2.16. The summed E-state index contributed by atoms with van der Waals surface area (Å²) in [6.45, 7) is 3.78. The second-order valence-electron chi connectivity index (χ2n) is 5.04. The molecule has 6 nitrogen and oxygen atoms in total. The average molecular weight is 307 g/mol. The van der Waals surface area contributed by atoms with Gasteiger partial charge in [0.15, 0.2) is 0 Å². The van der Waals surface area contributed by atoms with E-state index in [1.165, 1.54) is 14.2 Å². The van der Waals surface area contributed by atoms with Crippen molar-refractivity contribution >= 4 is 17.8 Å². The molecule has 1 atom stereocenters. The maximum atomic E-state index is 12.3. The van der Waals surface area contributed by atoms with Crippen LogP contribution >= 0.6 is 0 Å². The minimum Gasteiger partial charge on any atom is -0.469 e. The van der Waals surface area contributed by atoms with Crippen LogP contribution in [-0.4, -0.2) is 38.1 Å². The van der Waals surface area contributed by atoms with Crippen LogP contribution in [0.15, 0.2) is 18.2 Å². The van der Waals surface area contributed by atoms with Crippen molar-refractivity contribution in [3.8, 4) is 0 Å². The molecule has 0 aromatic heterocycles. The molecule has 0 radical (unpaired) electrons. The molecular weight excluding hydrogens is 286 g/mol. The summed E-state index contributed by atoms with van der Waals surface area (Å²) in [7, 11) is 2.50. The van der Waals surface area contributed by atoms with Crippen LogP contribution in [0.2, 0.25) is 0 Å². The summed E-state index contributed by atoms with van der Waals surface area (Å²) in [5, 5.41) is 2.60. The Morgan fingerprint density at radius 2 is 1.64 bits per heavy atom. The van der Waals surface area contributed by atoms with Crippen molar-refractivity contribution in [2.24, 2.45) is 0 Å². The van der Waals surface area contributed by atoms with E-state index in [0.29, 0.717) is 5.56 Å². The molecule has 1 aromatic carbocycles. The van der Waals surface area contributed by atoms with E-state index in [1.54, 1.807) is 12.1 Å². The van der Waals surface area contributed by atoms with E-state index >= 15 is 0 Å². The summed E-state index contributed by atoms with van der Waals surface area (Å²) in [5.41, 5.74) is 2.37. The molecule has 22 heavy (non-hydrogen) atoms. The Morgan fingerprint density at radius 1 is 1.05 bits per heavy atom. The minimum absolute atomic E-state index is 0.0173. The van der Waals surface area contributed by atoms with Crippen LogP contribution in [0.1, 0.15) is 34.3 Å². The molecule has 0 aliphatic carbocycles. The molecular formula is C16H21NO5. The highest BCUT2D eigenvalue weighted by Gasteiger charge is 2.23. The van der Waals surface area contributed by atoms with Gasteiger partial charge in [-0.2, -0.15) is 0 Å². The number of amides is 1. The van der Waals surface area contributed by atoms with E-state index in [9.17, 15) is 14.4 Å². The molecule has 0 bridgehead atoms. The van der Waals surface area contributed by atoms with Gasteiger partial charge in [0.1, 0.15) is 6.04 Å². The van der Waals surface area contributed by atoms with Crippen LogP contribution in [0.25, 0.3) is 0 Å². The maximum Gasteiger partial charge on any atom is 0.328 e. The molecule has 0 fully saturated rings. The zero-order valence-corrected chi connectivity index (χ0v) is 13.3. The molecule has 6 heteroatoms. The van der Waals surface area contributed by atoms with Gasteiger partial charge in [-0.25, -0.2) is 4.79 Å². The van der Waals surface area contributed by atoms with Crippen molar-refractivity contribution in [1.82, 2.24) is 5.32 Å². The van der Waals surface area contributed by atoms with E-state index in [0.717, 1.165) is 11.1 Å². The zero-order valence-electron chi connectivity index (χ0n) is 13.3. The molecule has 1 rings (SSSR count). The Balaban J connectivity index is 2.81. The Morgan fingerprint density at radius 3 is 2.14 bits per heavy atom. The van der Waals surface area contributed by atoms with Gasteiger partial charge >= 0.3 is 11.9 Å². The van der Waals surface area contributed by atoms with Crippen LogP contribution in [0.3, 0.4) is 0 Å². The van der Waals surface area contributed by atoms with Gasteiger partial charge in [-0.05, 0) is 32.4 Å². The highest BCUT2D eigenvalue weighted by Crippen LogP contribution is 2.10. The van der Waals surface area contributed by atoms with Gasteiger partial charge < -0.3 is 14.8 Å².